The van der Waals surface area contributed by atoms with E-state index < -0.39 is 5.92 Å². The molecule has 7 nitrogen and oxygen atoms in total. The largest absolute Gasteiger partial charge is 0.490 e. The van der Waals surface area contributed by atoms with Crippen molar-refractivity contribution in [3.05, 3.63) is 75.1 Å². The third-order valence-electron chi connectivity index (χ3n) is 8.65. The van der Waals surface area contributed by atoms with Gasteiger partial charge in [-0.3, -0.25) is 14.4 Å². The molecule has 0 aromatic heterocycles. The van der Waals surface area contributed by atoms with E-state index in [9.17, 15) is 14.4 Å². The van der Waals surface area contributed by atoms with Crippen molar-refractivity contribution < 1.29 is 23.9 Å². The first-order valence-electron chi connectivity index (χ1n) is 15.5. The summed E-state index contributed by atoms with van der Waals surface area (Å²) in [6.07, 6.45) is 2.30. The fraction of sp³-hybridized carbons (Fsp3) is 0.472. The molecule has 1 amide bonds. The zero-order valence-electron chi connectivity index (χ0n) is 26.9. The van der Waals surface area contributed by atoms with Gasteiger partial charge in [-0.1, -0.05) is 51.4 Å². The minimum atomic E-state index is -0.551. The number of carbonyl (C=O) groups is 3. The van der Waals surface area contributed by atoms with Gasteiger partial charge in [-0.25, -0.2) is 0 Å². The number of carbonyl (C=O) groups excluding carboxylic acids is 3. The molecule has 0 saturated carbocycles. The molecule has 234 valence electrons. The number of anilines is 1. The number of Topliss-reactive ketones (excluding diaryl/α,β-unsaturated/α-hetero) is 2. The zero-order valence-corrected chi connectivity index (χ0v) is 27.6. The highest BCUT2D eigenvalue weighted by molar-refractivity contribution is 6.32. The van der Waals surface area contributed by atoms with Crippen LogP contribution in [-0.4, -0.2) is 42.1 Å². The van der Waals surface area contributed by atoms with E-state index in [0.29, 0.717) is 54.1 Å². The normalized spacial score (nSPS) is 19.5. The van der Waals surface area contributed by atoms with Crippen molar-refractivity contribution in [1.82, 2.24) is 4.90 Å². The standard InChI is InChI=1S/C36H43ClN2O5/c1-8-39-25-16-35(4,5)18-27(40)32(25)31(33-26(39)17-36(6,7)19-28(33)41)22-14-24(37)34(29(15-22)43-9-2)44-20-30(42)38-23-12-10-11-21(3)13-23/h10-15,31H,8-9,16-20H2,1-7H3,(H,38,42). The van der Waals surface area contributed by atoms with Gasteiger partial charge in [-0.15, -0.1) is 0 Å². The van der Waals surface area contributed by atoms with Crippen LogP contribution >= 0.6 is 11.6 Å². The van der Waals surface area contributed by atoms with E-state index >= 15 is 0 Å². The third-order valence-corrected chi connectivity index (χ3v) is 8.93. The Bertz CT molecular complexity index is 1530. The van der Waals surface area contributed by atoms with Crippen molar-refractivity contribution in [2.45, 2.75) is 80.1 Å². The van der Waals surface area contributed by atoms with E-state index in [4.69, 9.17) is 21.1 Å². The second kappa shape index (κ2) is 12.1. The van der Waals surface area contributed by atoms with Crippen LogP contribution in [0, 0.1) is 17.8 Å². The number of benzene rings is 2. The lowest BCUT2D eigenvalue weighted by atomic mass is 9.63. The topological polar surface area (TPSA) is 84.9 Å². The molecule has 2 aromatic rings. The van der Waals surface area contributed by atoms with Crippen LogP contribution in [0.3, 0.4) is 0 Å². The lowest BCUT2D eigenvalue weighted by Gasteiger charge is -2.49. The summed E-state index contributed by atoms with van der Waals surface area (Å²) < 4.78 is 11.9. The van der Waals surface area contributed by atoms with Gasteiger partial charge in [0.25, 0.3) is 5.91 Å². The second-order valence-corrected chi connectivity index (χ2v) is 14.2. The number of nitrogens with zero attached hydrogens (tertiary/aromatic N) is 1. The molecule has 0 unspecified atom stereocenters. The highest BCUT2D eigenvalue weighted by Gasteiger charge is 2.48. The maximum absolute atomic E-state index is 14.0. The lowest BCUT2D eigenvalue weighted by Crippen LogP contribution is -2.44. The van der Waals surface area contributed by atoms with Crippen molar-refractivity contribution in [2.75, 3.05) is 25.1 Å². The predicted octanol–water partition coefficient (Wildman–Crippen LogP) is 7.77. The van der Waals surface area contributed by atoms with Gasteiger partial charge in [0.1, 0.15) is 0 Å². The molecular weight excluding hydrogens is 576 g/mol. The Balaban J connectivity index is 1.57. The number of rotatable bonds is 8. The lowest BCUT2D eigenvalue weighted by molar-refractivity contribution is -0.120. The number of nitrogens with one attached hydrogen (secondary N) is 1. The number of amides is 1. The highest BCUT2D eigenvalue weighted by Crippen LogP contribution is 2.55. The molecule has 0 fully saturated rings. The molecule has 1 aliphatic heterocycles. The summed E-state index contributed by atoms with van der Waals surface area (Å²) in [5, 5.41) is 3.10. The molecule has 5 rings (SSSR count). The van der Waals surface area contributed by atoms with Crippen molar-refractivity contribution in [3.63, 3.8) is 0 Å². The molecule has 2 aliphatic carbocycles. The average molecular weight is 619 g/mol. The number of ether oxygens (including phenoxy) is 2. The van der Waals surface area contributed by atoms with Crippen LogP contribution in [0.15, 0.2) is 58.9 Å². The van der Waals surface area contributed by atoms with Crippen molar-refractivity contribution >= 4 is 34.8 Å². The molecular formula is C36H43ClN2O5. The van der Waals surface area contributed by atoms with E-state index in [1.54, 1.807) is 6.07 Å². The van der Waals surface area contributed by atoms with E-state index in [0.717, 1.165) is 29.8 Å². The Morgan fingerprint density at radius 2 is 1.55 bits per heavy atom. The monoisotopic (exact) mass is 618 g/mol. The number of ketones is 2. The van der Waals surface area contributed by atoms with Gasteiger partial charge in [0, 0.05) is 53.5 Å². The number of aryl methyl sites for hydroxylation is 1. The van der Waals surface area contributed by atoms with Crippen LogP contribution in [0.1, 0.15) is 84.3 Å². The van der Waals surface area contributed by atoms with Crippen LogP contribution in [-0.2, 0) is 14.4 Å². The summed E-state index contributed by atoms with van der Waals surface area (Å²) in [5.74, 6) is -0.144. The quantitative estimate of drug-likeness (QED) is 0.325. The third kappa shape index (κ3) is 6.30. The SMILES string of the molecule is CCOc1cc(C2C3=C(CC(C)(C)CC3=O)N(CC)C3=C2C(=O)CC(C)(C)C3)cc(Cl)c1OCC(=O)Nc1cccc(C)c1. The molecule has 0 radical (unpaired) electrons. The fourth-order valence-corrected chi connectivity index (χ4v) is 7.25. The molecule has 3 aliphatic rings. The average Bonchev–Trinajstić information content (AvgIpc) is 2.90. The number of allylic oxidation sites excluding steroid dienone is 4. The van der Waals surface area contributed by atoms with Gasteiger partial charge in [-0.2, -0.15) is 0 Å². The zero-order chi connectivity index (χ0) is 32.0. The Hall–Kier alpha value is -3.58. The molecule has 44 heavy (non-hydrogen) atoms. The molecule has 0 spiro atoms. The smallest absolute Gasteiger partial charge is 0.262 e. The summed E-state index contributed by atoms with van der Waals surface area (Å²) in [7, 11) is 0. The van der Waals surface area contributed by atoms with Gasteiger partial charge in [0.2, 0.25) is 0 Å². The van der Waals surface area contributed by atoms with Gasteiger partial charge >= 0.3 is 0 Å². The summed E-state index contributed by atoms with van der Waals surface area (Å²) in [6, 6.07) is 11.1. The maximum Gasteiger partial charge on any atom is 0.262 e. The van der Waals surface area contributed by atoms with E-state index in [2.05, 4.69) is 44.8 Å². The minimum Gasteiger partial charge on any atom is -0.490 e. The maximum atomic E-state index is 14.0. The van der Waals surface area contributed by atoms with Crippen LogP contribution < -0.4 is 14.8 Å². The first-order valence-corrected chi connectivity index (χ1v) is 15.9. The summed E-state index contributed by atoms with van der Waals surface area (Å²) in [6.45, 7) is 15.1. The summed E-state index contributed by atoms with van der Waals surface area (Å²) in [4.78, 5) is 42.9. The molecule has 0 atom stereocenters. The molecule has 1 heterocycles. The van der Waals surface area contributed by atoms with Crippen molar-refractivity contribution in [3.8, 4) is 11.5 Å². The molecule has 8 heteroatoms. The number of hydrogen-bond donors (Lipinski definition) is 1. The Kier molecular flexibility index (Phi) is 8.74. The molecule has 0 bridgehead atoms. The van der Waals surface area contributed by atoms with E-state index in [1.807, 2.05) is 44.2 Å². The van der Waals surface area contributed by atoms with Gasteiger partial charge in [0.15, 0.2) is 29.7 Å². The van der Waals surface area contributed by atoms with Crippen LogP contribution in [0.25, 0.3) is 0 Å². The summed E-state index contributed by atoms with van der Waals surface area (Å²) >= 11 is 6.87. The Labute approximate surface area is 265 Å². The highest BCUT2D eigenvalue weighted by atomic mass is 35.5. The first kappa shape index (κ1) is 31.8. The second-order valence-electron chi connectivity index (χ2n) is 13.7. The summed E-state index contributed by atoms with van der Waals surface area (Å²) in [5.41, 5.74) is 5.42. The van der Waals surface area contributed by atoms with E-state index in [-0.39, 0.29) is 45.7 Å². The van der Waals surface area contributed by atoms with Crippen LogP contribution in [0.4, 0.5) is 5.69 Å². The van der Waals surface area contributed by atoms with Gasteiger partial charge < -0.3 is 19.7 Å². The first-order chi connectivity index (χ1) is 20.7. The van der Waals surface area contributed by atoms with Crippen molar-refractivity contribution in [2.24, 2.45) is 10.8 Å². The molecule has 0 saturated heterocycles. The molecule has 2 aromatic carbocycles. The Morgan fingerprint density at radius 3 is 2.09 bits per heavy atom. The van der Waals surface area contributed by atoms with Crippen LogP contribution in [0.2, 0.25) is 5.02 Å². The van der Waals surface area contributed by atoms with Gasteiger partial charge in [-0.05, 0) is 79.8 Å². The fourth-order valence-electron chi connectivity index (χ4n) is 6.98. The van der Waals surface area contributed by atoms with Crippen molar-refractivity contribution in [1.29, 1.82) is 0 Å². The Morgan fingerprint density at radius 1 is 0.932 bits per heavy atom. The van der Waals surface area contributed by atoms with Gasteiger partial charge in [0.05, 0.1) is 11.6 Å². The molecule has 1 N–H and O–H groups in total. The predicted molar refractivity (Wildman–Crippen MR) is 173 cm³/mol. The minimum absolute atomic E-state index is 0.0612. The van der Waals surface area contributed by atoms with Crippen LogP contribution in [0.5, 0.6) is 11.5 Å². The van der Waals surface area contributed by atoms with E-state index in [1.165, 1.54) is 0 Å². The number of halogens is 1. The number of hydrogen-bond acceptors (Lipinski definition) is 6.